The maximum absolute atomic E-state index is 13.0. The lowest BCUT2D eigenvalue weighted by Gasteiger charge is -2.10. The molecular formula is C23H22N2O5. The second kappa shape index (κ2) is 6.88. The summed E-state index contributed by atoms with van der Waals surface area (Å²) in [6.07, 6.45) is 0. The number of nitrogens with one attached hydrogen (secondary N) is 2. The molecule has 154 valence electrons. The summed E-state index contributed by atoms with van der Waals surface area (Å²) in [4.78, 5) is 25.5. The Morgan fingerprint density at radius 1 is 1.10 bits per heavy atom. The van der Waals surface area contributed by atoms with E-state index in [1.165, 1.54) is 7.05 Å². The van der Waals surface area contributed by atoms with E-state index in [2.05, 4.69) is 10.6 Å². The summed E-state index contributed by atoms with van der Waals surface area (Å²) in [5.74, 6) is 0.950. The van der Waals surface area contributed by atoms with Crippen LogP contribution in [0.2, 0.25) is 0 Å². The molecule has 0 bridgehead atoms. The highest BCUT2D eigenvalue weighted by Crippen LogP contribution is 2.44. The number of hydrogen-bond acceptors (Lipinski definition) is 5. The van der Waals surface area contributed by atoms with E-state index in [-0.39, 0.29) is 23.6 Å². The van der Waals surface area contributed by atoms with Crippen molar-refractivity contribution in [1.29, 1.82) is 0 Å². The number of phenolic OH excluding ortho intramolecular Hbond substituents is 1. The van der Waals surface area contributed by atoms with Crippen LogP contribution in [-0.2, 0) is 4.74 Å². The zero-order valence-electron chi connectivity index (χ0n) is 16.7. The van der Waals surface area contributed by atoms with Crippen molar-refractivity contribution in [2.75, 3.05) is 20.3 Å². The standard InChI is InChI=1S/C23H22N2O5/c1-11-19(12-4-3-5-14(26)6-12)15-7-13(8-16(21(15)30-11)23(28)24-2)22(27)25-20-17-9-29-10-18(17)20/h3-8,17-18,20,26H,9-10H2,1-2H3,(H,24,28)(H,25,27)/t17-,18+,20+. The van der Waals surface area contributed by atoms with Gasteiger partial charge in [0.2, 0.25) is 0 Å². The third-order valence-corrected chi connectivity index (χ3v) is 6.08. The van der Waals surface area contributed by atoms with Crippen molar-refractivity contribution < 1.29 is 23.8 Å². The number of furan rings is 1. The van der Waals surface area contributed by atoms with Crippen molar-refractivity contribution in [1.82, 2.24) is 10.6 Å². The molecule has 0 unspecified atom stereocenters. The quantitative estimate of drug-likeness (QED) is 0.619. The van der Waals surface area contributed by atoms with E-state index < -0.39 is 0 Å². The first-order valence-corrected chi connectivity index (χ1v) is 9.95. The van der Waals surface area contributed by atoms with E-state index in [0.29, 0.717) is 52.9 Å². The van der Waals surface area contributed by atoms with Crippen LogP contribution in [0.5, 0.6) is 5.75 Å². The van der Waals surface area contributed by atoms with Gasteiger partial charge in [-0.1, -0.05) is 12.1 Å². The smallest absolute Gasteiger partial charge is 0.254 e. The lowest BCUT2D eigenvalue weighted by atomic mass is 9.98. The predicted molar refractivity (Wildman–Crippen MR) is 110 cm³/mol. The zero-order valence-corrected chi connectivity index (χ0v) is 16.7. The predicted octanol–water partition coefficient (Wildman–Crippen LogP) is 2.85. The Labute approximate surface area is 173 Å². The van der Waals surface area contributed by atoms with Gasteiger partial charge in [0.1, 0.15) is 17.1 Å². The summed E-state index contributed by atoms with van der Waals surface area (Å²) in [6, 6.07) is 10.3. The third kappa shape index (κ3) is 2.93. The second-order valence-electron chi connectivity index (χ2n) is 7.93. The highest BCUT2D eigenvalue weighted by atomic mass is 16.5. The molecule has 7 nitrogen and oxygen atoms in total. The van der Waals surface area contributed by atoms with Crippen molar-refractivity contribution in [3.63, 3.8) is 0 Å². The monoisotopic (exact) mass is 406 g/mol. The van der Waals surface area contributed by atoms with E-state index in [4.69, 9.17) is 9.15 Å². The van der Waals surface area contributed by atoms with Crippen LogP contribution in [0.3, 0.4) is 0 Å². The van der Waals surface area contributed by atoms with Crippen LogP contribution in [0, 0.1) is 18.8 Å². The zero-order chi connectivity index (χ0) is 21.0. The molecule has 2 amide bonds. The van der Waals surface area contributed by atoms with Gasteiger partial charge in [0.05, 0.1) is 18.8 Å². The van der Waals surface area contributed by atoms with Gasteiger partial charge in [-0.25, -0.2) is 0 Å². The Morgan fingerprint density at radius 3 is 2.57 bits per heavy atom. The first-order valence-electron chi connectivity index (χ1n) is 9.95. The van der Waals surface area contributed by atoms with Crippen LogP contribution >= 0.6 is 0 Å². The van der Waals surface area contributed by atoms with Gasteiger partial charge in [0, 0.05) is 41.4 Å². The van der Waals surface area contributed by atoms with Crippen LogP contribution in [-0.4, -0.2) is 43.2 Å². The molecule has 3 atom stereocenters. The SMILES string of the molecule is CNC(=O)c1cc(C(=O)N[C@H]2[C@@H]3COC[C@@H]32)cc2c(-c3cccc(O)c3)c(C)oc12. The van der Waals surface area contributed by atoms with Gasteiger partial charge < -0.3 is 24.9 Å². The number of rotatable bonds is 4. The molecule has 1 saturated carbocycles. The van der Waals surface area contributed by atoms with Crippen molar-refractivity contribution in [3.8, 4) is 16.9 Å². The number of carbonyl (C=O) groups is 2. The van der Waals surface area contributed by atoms with Crippen LogP contribution in [0.15, 0.2) is 40.8 Å². The number of amides is 2. The topological polar surface area (TPSA) is 101 Å². The number of phenols is 1. The molecule has 0 radical (unpaired) electrons. The molecular weight excluding hydrogens is 384 g/mol. The lowest BCUT2D eigenvalue weighted by molar-refractivity contribution is 0.0929. The van der Waals surface area contributed by atoms with E-state index in [0.717, 1.165) is 11.1 Å². The number of fused-ring (bicyclic) bond motifs is 2. The molecule has 0 spiro atoms. The van der Waals surface area contributed by atoms with Crippen LogP contribution in [0.4, 0.5) is 0 Å². The number of aromatic hydroxyl groups is 1. The maximum atomic E-state index is 13.0. The molecule has 1 aromatic heterocycles. The molecule has 3 aromatic rings. The molecule has 5 rings (SSSR count). The van der Waals surface area contributed by atoms with Crippen LogP contribution < -0.4 is 10.6 Å². The summed E-state index contributed by atoms with van der Waals surface area (Å²) >= 11 is 0. The Kier molecular flexibility index (Phi) is 4.29. The van der Waals surface area contributed by atoms with Crippen LogP contribution in [0.25, 0.3) is 22.1 Å². The fraction of sp³-hybridized carbons (Fsp3) is 0.304. The number of hydrogen-bond donors (Lipinski definition) is 3. The Bertz CT molecular complexity index is 1170. The Morgan fingerprint density at radius 2 is 1.87 bits per heavy atom. The highest BCUT2D eigenvalue weighted by Gasteiger charge is 2.54. The van der Waals surface area contributed by atoms with Gasteiger partial charge in [-0.3, -0.25) is 9.59 Å². The normalized spacial score (nSPS) is 22.0. The van der Waals surface area contributed by atoms with Crippen molar-refractivity contribution in [3.05, 3.63) is 53.3 Å². The number of ether oxygens (including phenoxy) is 1. The molecule has 2 heterocycles. The molecule has 30 heavy (non-hydrogen) atoms. The minimum absolute atomic E-state index is 0.127. The minimum Gasteiger partial charge on any atom is -0.508 e. The molecule has 7 heteroatoms. The van der Waals surface area contributed by atoms with Gasteiger partial charge >= 0.3 is 0 Å². The second-order valence-corrected chi connectivity index (χ2v) is 7.93. The number of benzene rings is 2. The van der Waals surface area contributed by atoms with E-state index in [1.54, 1.807) is 37.3 Å². The van der Waals surface area contributed by atoms with Crippen molar-refractivity contribution in [2.45, 2.75) is 13.0 Å². The molecule has 3 N–H and O–H groups in total. The molecule has 2 aliphatic rings. The summed E-state index contributed by atoms with van der Waals surface area (Å²) in [6.45, 7) is 3.17. The average Bonchev–Trinajstić information content (AvgIpc) is 3.07. The fourth-order valence-corrected chi connectivity index (χ4v) is 4.46. The molecule has 2 fully saturated rings. The summed E-state index contributed by atoms with van der Waals surface area (Å²) in [5.41, 5.74) is 2.61. The van der Waals surface area contributed by atoms with Gasteiger partial charge in [0.25, 0.3) is 11.8 Å². The molecule has 1 aliphatic heterocycles. The van der Waals surface area contributed by atoms with Gasteiger partial charge in [0.15, 0.2) is 0 Å². The summed E-state index contributed by atoms with van der Waals surface area (Å²) in [7, 11) is 1.54. The van der Waals surface area contributed by atoms with Gasteiger partial charge in [-0.05, 0) is 36.8 Å². The van der Waals surface area contributed by atoms with E-state index in [1.807, 2.05) is 6.07 Å². The van der Waals surface area contributed by atoms with E-state index >= 15 is 0 Å². The van der Waals surface area contributed by atoms with Gasteiger partial charge in [-0.2, -0.15) is 0 Å². The summed E-state index contributed by atoms with van der Waals surface area (Å²) < 4.78 is 11.3. The van der Waals surface area contributed by atoms with Crippen molar-refractivity contribution in [2.24, 2.45) is 11.8 Å². The number of carbonyl (C=O) groups excluding carboxylic acids is 2. The first kappa shape index (κ1) is 18.7. The lowest BCUT2D eigenvalue weighted by Crippen LogP contribution is -2.30. The largest absolute Gasteiger partial charge is 0.508 e. The van der Waals surface area contributed by atoms with Gasteiger partial charge in [-0.15, -0.1) is 0 Å². The van der Waals surface area contributed by atoms with E-state index in [9.17, 15) is 14.7 Å². The summed E-state index contributed by atoms with van der Waals surface area (Å²) in [5, 5.41) is 16.3. The molecule has 1 saturated heterocycles. The van der Waals surface area contributed by atoms with Crippen LogP contribution in [0.1, 0.15) is 26.5 Å². The maximum Gasteiger partial charge on any atom is 0.254 e. The Hall–Kier alpha value is -3.32. The molecule has 2 aromatic carbocycles. The van der Waals surface area contributed by atoms with Crippen molar-refractivity contribution >= 4 is 22.8 Å². The molecule has 1 aliphatic carbocycles. The Balaban J connectivity index is 1.62. The first-order chi connectivity index (χ1) is 14.5. The highest BCUT2D eigenvalue weighted by molar-refractivity contribution is 6.12. The fourth-order valence-electron chi connectivity index (χ4n) is 4.46. The third-order valence-electron chi connectivity index (χ3n) is 6.08. The average molecular weight is 406 g/mol. The minimum atomic E-state index is -0.331. The number of aryl methyl sites for hydroxylation is 1.